The summed E-state index contributed by atoms with van der Waals surface area (Å²) < 4.78 is 5.42. The second-order valence-corrected chi connectivity index (χ2v) is 4.74. The van der Waals surface area contributed by atoms with Crippen LogP contribution in [0.4, 0.5) is 0 Å². The van der Waals surface area contributed by atoms with Crippen molar-refractivity contribution in [3.8, 4) is 0 Å². The van der Waals surface area contributed by atoms with E-state index < -0.39 is 23.5 Å². The van der Waals surface area contributed by atoms with Gasteiger partial charge in [-0.2, -0.15) is 0 Å². The summed E-state index contributed by atoms with van der Waals surface area (Å²) in [7, 11) is 0. The third-order valence-electron chi connectivity index (χ3n) is 3.53. The first-order valence-corrected chi connectivity index (χ1v) is 6.20. The molecule has 2 rings (SSSR count). The summed E-state index contributed by atoms with van der Waals surface area (Å²) in [6, 6.07) is 8.98. The maximum absolute atomic E-state index is 11.6. The van der Waals surface area contributed by atoms with Crippen molar-refractivity contribution in [2.24, 2.45) is 5.92 Å². The van der Waals surface area contributed by atoms with Crippen molar-refractivity contribution in [2.75, 3.05) is 6.61 Å². The Balaban J connectivity index is 2.35. The van der Waals surface area contributed by atoms with Crippen molar-refractivity contribution >= 4 is 11.9 Å². The van der Waals surface area contributed by atoms with Gasteiger partial charge in [-0.3, -0.25) is 4.79 Å². The minimum atomic E-state index is -1.66. The molecule has 1 aromatic carbocycles. The molecule has 0 aromatic heterocycles. The Morgan fingerprint density at radius 2 is 1.95 bits per heavy atom. The van der Waals surface area contributed by atoms with E-state index in [1.54, 1.807) is 24.3 Å². The van der Waals surface area contributed by atoms with Gasteiger partial charge in [-0.25, -0.2) is 4.79 Å². The van der Waals surface area contributed by atoms with Gasteiger partial charge in [0.15, 0.2) is 5.60 Å². The first kappa shape index (κ1) is 13.5. The van der Waals surface area contributed by atoms with Crippen LogP contribution in [-0.2, 0) is 20.7 Å². The fraction of sp³-hybridized carbons (Fsp3) is 0.429. The fourth-order valence-corrected chi connectivity index (χ4v) is 2.56. The predicted molar refractivity (Wildman–Crippen MR) is 66.8 cm³/mol. The number of hydrogen-bond donors (Lipinski definition) is 2. The van der Waals surface area contributed by atoms with Gasteiger partial charge in [-0.1, -0.05) is 30.3 Å². The van der Waals surface area contributed by atoms with Crippen LogP contribution in [-0.4, -0.2) is 34.4 Å². The molecule has 2 N–H and O–H groups in total. The van der Waals surface area contributed by atoms with Gasteiger partial charge in [0, 0.05) is 13.0 Å². The number of hydrogen-bond acceptors (Lipinski definition) is 3. The largest absolute Gasteiger partial charge is 0.481 e. The van der Waals surface area contributed by atoms with Crippen LogP contribution in [0, 0.1) is 5.92 Å². The summed E-state index contributed by atoms with van der Waals surface area (Å²) in [6.45, 7) is 0.281. The maximum atomic E-state index is 11.6. The lowest BCUT2D eigenvalue weighted by atomic mass is 9.77. The molecule has 1 aromatic rings. The Labute approximate surface area is 110 Å². The van der Waals surface area contributed by atoms with Crippen LogP contribution < -0.4 is 0 Å². The van der Waals surface area contributed by atoms with E-state index in [9.17, 15) is 19.8 Å². The first-order chi connectivity index (χ1) is 9.06. The lowest BCUT2D eigenvalue weighted by Gasteiger charge is -2.38. The van der Waals surface area contributed by atoms with Crippen molar-refractivity contribution in [3.05, 3.63) is 35.9 Å². The molecule has 102 valence electrons. The molecule has 1 fully saturated rings. The minimum Gasteiger partial charge on any atom is -0.481 e. The average Bonchev–Trinajstić information content (AvgIpc) is 2.40. The van der Waals surface area contributed by atoms with Crippen LogP contribution in [0.3, 0.4) is 0 Å². The molecule has 5 heteroatoms. The summed E-state index contributed by atoms with van der Waals surface area (Å²) in [5, 5.41) is 18.7. The van der Waals surface area contributed by atoms with Crippen LogP contribution in [0.2, 0.25) is 0 Å². The molecule has 2 unspecified atom stereocenters. The molecule has 5 nitrogen and oxygen atoms in total. The van der Waals surface area contributed by atoms with E-state index in [1.165, 1.54) is 0 Å². The molecule has 0 amide bonds. The Morgan fingerprint density at radius 3 is 2.53 bits per heavy atom. The fourth-order valence-electron chi connectivity index (χ4n) is 2.56. The van der Waals surface area contributed by atoms with E-state index in [2.05, 4.69) is 0 Å². The topological polar surface area (TPSA) is 83.8 Å². The Hall–Kier alpha value is -1.88. The molecule has 1 heterocycles. The lowest BCUT2D eigenvalue weighted by molar-refractivity contribution is -0.191. The highest BCUT2D eigenvalue weighted by molar-refractivity contribution is 5.86. The highest BCUT2D eigenvalue weighted by Crippen LogP contribution is 2.35. The Morgan fingerprint density at radius 1 is 1.26 bits per heavy atom. The Bertz CT molecular complexity index is 470. The zero-order valence-corrected chi connectivity index (χ0v) is 10.4. The number of benzene rings is 1. The van der Waals surface area contributed by atoms with Crippen LogP contribution in [0.25, 0.3) is 0 Å². The van der Waals surface area contributed by atoms with Crippen LogP contribution >= 0.6 is 0 Å². The Kier molecular flexibility index (Phi) is 3.85. The normalized spacial score (nSPS) is 26.8. The van der Waals surface area contributed by atoms with E-state index in [-0.39, 0.29) is 13.0 Å². The second kappa shape index (κ2) is 5.40. The van der Waals surface area contributed by atoms with Gasteiger partial charge in [0.1, 0.15) is 0 Å². The third-order valence-corrected chi connectivity index (χ3v) is 3.53. The summed E-state index contributed by atoms with van der Waals surface area (Å²) in [4.78, 5) is 22.9. The molecule has 1 aliphatic heterocycles. The highest BCUT2D eigenvalue weighted by atomic mass is 16.5. The van der Waals surface area contributed by atoms with E-state index in [0.717, 1.165) is 5.56 Å². The monoisotopic (exact) mass is 264 g/mol. The first-order valence-electron chi connectivity index (χ1n) is 6.20. The highest BCUT2D eigenvalue weighted by Gasteiger charge is 2.52. The number of ether oxygens (including phenoxy) is 1. The van der Waals surface area contributed by atoms with Crippen molar-refractivity contribution in [2.45, 2.75) is 24.9 Å². The molecule has 19 heavy (non-hydrogen) atoms. The van der Waals surface area contributed by atoms with Gasteiger partial charge in [0.2, 0.25) is 0 Å². The molecular weight excluding hydrogens is 248 g/mol. The molecule has 0 saturated carbocycles. The minimum absolute atomic E-state index is 0.0696. The van der Waals surface area contributed by atoms with Gasteiger partial charge in [0.25, 0.3) is 0 Å². The van der Waals surface area contributed by atoms with E-state index in [0.29, 0.717) is 12.8 Å². The molecule has 2 atom stereocenters. The average molecular weight is 264 g/mol. The zero-order valence-electron chi connectivity index (χ0n) is 10.4. The standard InChI is InChI=1S/C14H16O5/c15-12(16)11-7-4-8-19-14(11,13(17)18)9-10-5-2-1-3-6-10/h1-3,5-6,11H,4,7-9H2,(H,15,16)(H,17,18). The molecule has 1 aliphatic rings. The van der Waals surface area contributed by atoms with Crippen LogP contribution in [0.5, 0.6) is 0 Å². The van der Waals surface area contributed by atoms with Gasteiger partial charge in [-0.05, 0) is 18.4 Å². The SMILES string of the molecule is O=C(O)C1CCCOC1(Cc1ccccc1)C(=O)O. The maximum Gasteiger partial charge on any atom is 0.337 e. The zero-order chi connectivity index (χ0) is 13.9. The summed E-state index contributed by atoms with van der Waals surface area (Å²) in [6.07, 6.45) is 0.968. The van der Waals surface area contributed by atoms with Crippen molar-refractivity contribution < 1.29 is 24.5 Å². The molecule has 0 bridgehead atoms. The molecular formula is C14H16O5. The summed E-state index contributed by atoms with van der Waals surface area (Å²) >= 11 is 0. The quantitative estimate of drug-likeness (QED) is 0.862. The number of carbonyl (C=O) groups is 2. The summed E-state index contributed by atoms with van der Waals surface area (Å²) in [5.74, 6) is -3.33. The molecule has 0 aliphatic carbocycles. The number of aliphatic carboxylic acids is 2. The van der Waals surface area contributed by atoms with Gasteiger partial charge in [-0.15, -0.1) is 0 Å². The van der Waals surface area contributed by atoms with E-state index in [1.807, 2.05) is 6.07 Å². The molecule has 1 saturated heterocycles. The van der Waals surface area contributed by atoms with E-state index in [4.69, 9.17) is 4.74 Å². The molecule has 0 radical (unpaired) electrons. The van der Waals surface area contributed by atoms with Crippen LogP contribution in [0.15, 0.2) is 30.3 Å². The second-order valence-electron chi connectivity index (χ2n) is 4.74. The smallest absolute Gasteiger partial charge is 0.337 e. The van der Waals surface area contributed by atoms with Gasteiger partial charge in [0.05, 0.1) is 5.92 Å². The van der Waals surface area contributed by atoms with Crippen molar-refractivity contribution in [3.63, 3.8) is 0 Å². The number of rotatable bonds is 4. The van der Waals surface area contributed by atoms with Crippen molar-refractivity contribution in [1.82, 2.24) is 0 Å². The van der Waals surface area contributed by atoms with Gasteiger partial charge < -0.3 is 14.9 Å². The third kappa shape index (κ3) is 2.61. The van der Waals surface area contributed by atoms with Crippen molar-refractivity contribution in [1.29, 1.82) is 0 Å². The number of carboxylic acids is 2. The van der Waals surface area contributed by atoms with Crippen LogP contribution in [0.1, 0.15) is 18.4 Å². The number of carboxylic acid groups (broad SMARTS) is 2. The predicted octanol–water partition coefficient (Wildman–Crippen LogP) is 1.56. The molecule has 0 spiro atoms. The lowest BCUT2D eigenvalue weighted by Crippen LogP contribution is -2.55. The van der Waals surface area contributed by atoms with E-state index >= 15 is 0 Å². The van der Waals surface area contributed by atoms with Gasteiger partial charge >= 0.3 is 11.9 Å². The summed E-state index contributed by atoms with van der Waals surface area (Å²) in [5.41, 5.74) is -0.899.